The third kappa shape index (κ3) is 5.22. The van der Waals surface area contributed by atoms with Crippen LogP contribution >= 0.6 is 11.3 Å². The zero-order valence-corrected chi connectivity index (χ0v) is 21.9. The lowest BCUT2D eigenvalue weighted by atomic mass is 10.0. The number of hydrogen-bond acceptors (Lipinski definition) is 10. The van der Waals surface area contributed by atoms with E-state index in [9.17, 15) is 29.8 Å². The highest BCUT2D eigenvalue weighted by molar-refractivity contribution is 7.22. The monoisotopic (exact) mass is 580 g/mol. The van der Waals surface area contributed by atoms with Gasteiger partial charge in [0, 0.05) is 41.6 Å². The number of rotatable bonds is 7. The number of carbonyl (C=O) groups excluding carboxylic acids is 2. The molecule has 6 aromatic rings. The van der Waals surface area contributed by atoms with Gasteiger partial charge in [0.2, 0.25) is 5.95 Å². The van der Waals surface area contributed by atoms with E-state index in [-0.39, 0.29) is 33.6 Å². The Labute approximate surface area is 238 Å². The zero-order valence-electron chi connectivity index (χ0n) is 21.1. The highest BCUT2D eigenvalue weighted by atomic mass is 32.1. The van der Waals surface area contributed by atoms with Crippen LogP contribution in [0.1, 0.15) is 20.7 Å². The van der Waals surface area contributed by atoms with Crippen molar-refractivity contribution in [1.82, 2.24) is 19.9 Å². The number of benzene rings is 3. The second kappa shape index (κ2) is 10.5. The second-order valence-electron chi connectivity index (χ2n) is 8.90. The highest BCUT2D eigenvalue weighted by Gasteiger charge is 2.18. The molecular weight excluding hydrogens is 564 g/mol. The molecule has 0 aliphatic carbocycles. The van der Waals surface area contributed by atoms with Crippen molar-refractivity contribution < 1.29 is 19.4 Å². The largest absolute Gasteiger partial charge is 0.322 e. The van der Waals surface area contributed by atoms with Gasteiger partial charge in [-0.05, 0) is 47.5 Å². The number of pyridine rings is 1. The number of nitro groups is 2. The highest BCUT2D eigenvalue weighted by Crippen LogP contribution is 2.33. The topological polar surface area (TPSA) is 199 Å². The number of imidazole rings is 1. The molecule has 3 N–H and O–H groups in total. The van der Waals surface area contributed by atoms with Crippen molar-refractivity contribution in [3.63, 3.8) is 0 Å². The smallest absolute Gasteiger partial charge is 0.270 e. The number of nitrogens with one attached hydrogen (secondary N) is 3. The van der Waals surface area contributed by atoms with Gasteiger partial charge in [0.05, 0.1) is 25.6 Å². The minimum Gasteiger partial charge on any atom is -0.322 e. The number of H-pyrrole nitrogens is 1. The van der Waals surface area contributed by atoms with Crippen LogP contribution in [0.3, 0.4) is 0 Å². The number of aromatic amines is 1. The lowest BCUT2D eigenvalue weighted by Crippen LogP contribution is -2.13. The Morgan fingerprint density at radius 1 is 0.786 bits per heavy atom. The molecule has 3 aromatic heterocycles. The van der Waals surface area contributed by atoms with Crippen LogP contribution in [0.5, 0.6) is 0 Å². The number of nitro benzene ring substituents is 2. The van der Waals surface area contributed by atoms with Gasteiger partial charge in [0.1, 0.15) is 0 Å². The first-order chi connectivity index (χ1) is 20.2. The molecule has 0 aliphatic heterocycles. The summed E-state index contributed by atoms with van der Waals surface area (Å²) in [5.74, 6) is -1.03. The lowest BCUT2D eigenvalue weighted by molar-refractivity contribution is -0.385. The summed E-state index contributed by atoms with van der Waals surface area (Å²) in [4.78, 5) is 62.9. The van der Waals surface area contributed by atoms with Crippen LogP contribution in [0.25, 0.3) is 32.5 Å². The van der Waals surface area contributed by atoms with Crippen molar-refractivity contribution in [3.8, 4) is 11.1 Å². The molecule has 14 nitrogen and oxygen atoms in total. The van der Waals surface area contributed by atoms with Gasteiger partial charge in [-0.2, -0.15) is 4.98 Å². The molecule has 0 fully saturated rings. The van der Waals surface area contributed by atoms with Crippen LogP contribution in [0.4, 0.5) is 22.5 Å². The molecule has 0 saturated carbocycles. The first kappa shape index (κ1) is 26.1. The molecule has 2 amide bonds. The van der Waals surface area contributed by atoms with E-state index in [1.54, 1.807) is 36.5 Å². The van der Waals surface area contributed by atoms with Crippen LogP contribution in [-0.2, 0) is 0 Å². The number of amides is 2. The maximum atomic E-state index is 13.0. The summed E-state index contributed by atoms with van der Waals surface area (Å²) in [5.41, 5.74) is 2.12. The van der Waals surface area contributed by atoms with Crippen LogP contribution < -0.4 is 10.6 Å². The van der Waals surface area contributed by atoms with E-state index >= 15 is 0 Å². The molecule has 0 bridgehead atoms. The normalized spacial score (nSPS) is 11.0. The predicted octanol–water partition coefficient (Wildman–Crippen LogP) is 5.56. The molecule has 42 heavy (non-hydrogen) atoms. The standard InChI is InChI=1S/C27H16N8O6S/c36-24(15-3-1-4-18(10-15)34(38)39)33-27-30-21-13-14(6-7-22(21)42-27)16-9-17(12-19(11-16)35(40)41)25(37)32-26-29-20-5-2-8-28-23(20)31-26/h1-13H,(H,30,33,36)(H2,28,29,31,32,37). The van der Waals surface area contributed by atoms with E-state index in [0.29, 0.717) is 27.8 Å². The van der Waals surface area contributed by atoms with Crippen LogP contribution in [0, 0.1) is 20.2 Å². The molecule has 3 heterocycles. The molecule has 0 radical (unpaired) electrons. The Morgan fingerprint density at radius 2 is 1.57 bits per heavy atom. The third-order valence-corrected chi connectivity index (χ3v) is 7.09. The molecule has 0 spiro atoms. The van der Waals surface area contributed by atoms with Gasteiger partial charge in [0.25, 0.3) is 23.2 Å². The number of nitrogens with zero attached hydrogens (tertiary/aromatic N) is 5. The van der Waals surface area contributed by atoms with E-state index in [0.717, 1.165) is 4.70 Å². The van der Waals surface area contributed by atoms with Gasteiger partial charge in [-0.15, -0.1) is 0 Å². The molecule has 0 aliphatic rings. The fourth-order valence-corrected chi connectivity index (χ4v) is 5.03. The van der Waals surface area contributed by atoms with E-state index in [1.807, 2.05) is 0 Å². The van der Waals surface area contributed by atoms with Crippen molar-refractivity contribution >= 4 is 67.0 Å². The summed E-state index contributed by atoms with van der Waals surface area (Å²) in [6, 6.07) is 18.0. The number of non-ortho nitro benzene ring substituents is 2. The summed E-state index contributed by atoms with van der Waals surface area (Å²) in [6.07, 6.45) is 1.56. The Hall–Kier alpha value is -6.09. The molecule has 3 aromatic carbocycles. The average Bonchev–Trinajstić information content (AvgIpc) is 3.59. The van der Waals surface area contributed by atoms with Gasteiger partial charge in [-0.1, -0.05) is 23.5 Å². The Kier molecular flexibility index (Phi) is 6.52. The maximum absolute atomic E-state index is 13.0. The summed E-state index contributed by atoms with van der Waals surface area (Å²) in [5, 5.41) is 28.2. The summed E-state index contributed by atoms with van der Waals surface area (Å²) >= 11 is 1.19. The van der Waals surface area contributed by atoms with Crippen LogP contribution in [0.2, 0.25) is 0 Å². The molecule has 206 valence electrons. The molecule has 6 rings (SSSR count). The van der Waals surface area contributed by atoms with Crippen LogP contribution in [-0.4, -0.2) is 41.6 Å². The lowest BCUT2D eigenvalue weighted by Gasteiger charge is -2.07. The number of hydrogen-bond donors (Lipinski definition) is 3. The Bertz CT molecular complexity index is 2040. The fourth-order valence-electron chi connectivity index (χ4n) is 4.19. The van der Waals surface area contributed by atoms with Gasteiger partial charge >= 0.3 is 0 Å². The maximum Gasteiger partial charge on any atom is 0.270 e. The van der Waals surface area contributed by atoms with Gasteiger partial charge in [-0.25, -0.2) is 9.97 Å². The SMILES string of the molecule is O=C(Nc1nc2ncccc2[nH]1)c1cc(-c2ccc3sc(NC(=O)c4cccc([N+](=O)[O-])c4)nc3c2)cc([N+](=O)[O-])c1. The summed E-state index contributed by atoms with van der Waals surface area (Å²) < 4.78 is 0.718. The van der Waals surface area contributed by atoms with Gasteiger partial charge in [0.15, 0.2) is 10.8 Å². The van der Waals surface area contributed by atoms with E-state index in [2.05, 4.69) is 30.6 Å². The Balaban J connectivity index is 1.28. The minimum atomic E-state index is -0.611. The average molecular weight is 581 g/mol. The van der Waals surface area contributed by atoms with E-state index in [4.69, 9.17) is 0 Å². The number of carbonyl (C=O) groups is 2. The Morgan fingerprint density at radius 3 is 2.36 bits per heavy atom. The minimum absolute atomic E-state index is 0.0379. The number of thiazole rings is 1. The molecule has 15 heteroatoms. The second-order valence-corrected chi connectivity index (χ2v) is 9.93. The van der Waals surface area contributed by atoms with Crippen molar-refractivity contribution in [2.75, 3.05) is 10.6 Å². The van der Waals surface area contributed by atoms with Gasteiger partial charge in [-0.3, -0.25) is 40.5 Å². The molecule has 0 saturated heterocycles. The van der Waals surface area contributed by atoms with Gasteiger partial charge < -0.3 is 4.98 Å². The predicted molar refractivity (Wildman–Crippen MR) is 155 cm³/mol. The van der Waals surface area contributed by atoms with E-state index in [1.165, 1.54) is 53.8 Å². The quantitative estimate of drug-likeness (QED) is 0.160. The molecule has 0 unspecified atom stereocenters. The third-order valence-electron chi connectivity index (χ3n) is 6.14. The van der Waals surface area contributed by atoms with Crippen molar-refractivity contribution in [2.45, 2.75) is 0 Å². The first-order valence-corrected chi connectivity index (χ1v) is 12.9. The summed E-state index contributed by atoms with van der Waals surface area (Å²) in [6.45, 7) is 0. The molecule has 0 atom stereocenters. The van der Waals surface area contributed by atoms with Crippen molar-refractivity contribution in [3.05, 3.63) is 110 Å². The molecular formula is C27H16N8O6S. The summed E-state index contributed by atoms with van der Waals surface area (Å²) in [7, 11) is 0. The number of aromatic nitrogens is 4. The fraction of sp³-hybridized carbons (Fsp3) is 0. The number of fused-ring (bicyclic) bond motifs is 2. The first-order valence-electron chi connectivity index (χ1n) is 12.1. The van der Waals surface area contributed by atoms with Crippen molar-refractivity contribution in [1.29, 1.82) is 0 Å². The van der Waals surface area contributed by atoms with Crippen LogP contribution in [0.15, 0.2) is 79.0 Å². The zero-order chi connectivity index (χ0) is 29.4. The number of anilines is 2. The van der Waals surface area contributed by atoms with E-state index < -0.39 is 21.7 Å². The van der Waals surface area contributed by atoms with Crippen molar-refractivity contribution in [2.24, 2.45) is 0 Å².